The number of hydrogen-bond donors (Lipinski definition) is 0. The molecule has 1 unspecified atom stereocenters. The average Bonchev–Trinajstić information content (AvgIpc) is 2.61. The Morgan fingerprint density at radius 3 is 2.00 bits per heavy atom. The smallest absolute Gasteiger partial charge is 0.121 e. The second-order valence-electron chi connectivity index (χ2n) is 9.57. The molecule has 0 saturated heterocycles. The van der Waals surface area contributed by atoms with E-state index >= 15 is 0 Å². The molecule has 3 rings (SSSR count). The molecule has 142 valence electrons. The highest BCUT2D eigenvalue weighted by Crippen LogP contribution is 2.41. The van der Waals surface area contributed by atoms with E-state index in [4.69, 9.17) is 0 Å². The van der Waals surface area contributed by atoms with E-state index in [-0.39, 0.29) is 4.76 Å². The van der Waals surface area contributed by atoms with Crippen molar-refractivity contribution in [2.24, 2.45) is 10.8 Å². The van der Waals surface area contributed by atoms with E-state index in [0.29, 0.717) is 17.4 Å². The Labute approximate surface area is 154 Å². The van der Waals surface area contributed by atoms with Gasteiger partial charge in [-0.3, -0.25) is 0 Å². The Morgan fingerprint density at radius 1 is 0.840 bits per heavy atom. The van der Waals surface area contributed by atoms with Crippen LogP contribution in [-0.2, 0) is 0 Å². The molecule has 3 heteroatoms. The summed E-state index contributed by atoms with van der Waals surface area (Å²) in [6.45, 7) is 6.40. The molecule has 0 aromatic carbocycles. The fraction of sp³-hybridized carbons (Fsp3) is 0.818. The van der Waals surface area contributed by atoms with Crippen LogP contribution in [0.25, 0.3) is 0 Å². The minimum Gasteiger partial charge on any atom is -0.601 e. The zero-order chi connectivity index (χ0) is 17.8. The molecule has 0 amide bonds. The van der Waals surface area contributed by atoms with Crippen molar-refractivity contribution in [2.45, 2.75) is 90.9 Å². The monoisotopic (exact) mass is 346 g/mol. The highest BCUT2D eigenvalue weighted by atomic mass is 16.6. The summed E-state index contributed by atoms with van der Waals surface area (Å²) in [6, 6.07) is 0. The van der Waals surface area contributed by atoms with Gasteiger partial charge in [0.15, 0.2) is 0 Å². The van der Waals surface area contributed by atoms with E-state index in [2.05, 4.69) is 13.8 Å². The lowest BCUT2D eigenvalue weighted by Crippen LogP contribution is -2.52. The number of nitrogens with zero attached hydrogens (tertiary/aromatic N) is 2. The summed E-state index contributed by atoms with van der Waals surface area (Å²) in [5, 5.41) is 15.6. The van der Waals surface area contributed by atoms with Gasteiger partial charge in [-0.2, -0.15) is 0 Å². The molecule has 2 aliphatic carbocycles. The molecule has 3 aliphatic rings. The molecule has 1 heterocycles. The zero-order valence-electron chi connectivity index (χ0n) is 16.5. The summed E-state index contributed by atoms with van der Waals surface area (Å²) < 4.78 is -0.276. The summed E-state index contributed by atoms with van der Waals surface area (Å²) in [6.07, 6.45) is 23.5. The standard InChI is InChI=1S/C22H38N2O/c1-21(11-5-3-6-12-21)15-18-23-17-9-10-19-24(23,25)20-16-22(2)13-7-4-8-14-22/h9-10,17,19H,3-8,11-16,18,20H2,1-2H3. The highest BCUT2D eigenvalue weighted by Gasteiger charge is 2.33. The first-order valence-corrected chi connectivity index (χ1v) is 10.7. The maximum Gasteiger partial charge on any atom is 0.121 e. The molecule has 0 spiro atoms. The van der Waals surface area contributed by atoms with Crippen LogP contribution in [0.15, 0.2) is 24.6 Å². The van der Waals surface area contributed by atoms with Gasteiger partial charge in [0.05, 0.1) is 12.7 Å². The van der Waals surface area contributed by atoms with E-state index < -0.39 is 0 Å². The van der Waals surface area contributed by atoms with E-state index in [0.717, 1.165) is 19.4 Å². The van der Waals surface area contributed by atoms with Gasteiger partial charge < -0.3 is 5.21 Å². The third kappa shape index (κ3) is 4.89. The SMILES string of the molecule is CC1(CCN2C=CC=C[N+]2([O-])CCC2(C)CCCCC2)CCCCC1. The molecule has 0 aromatic heterocycles. The van der Waals surface area contributed by atoms with Crippen molar-refractivity contribution in [2.75, 3.05) is 13.1 Å². The van der Waals surface area contributed by atoms with Crippen LogP contribution in [0, 0.1) is 16.0 Å². The van der Waals surface area contributed by atoms with Crippen molar-refractivity contribution in [1.82, 2.24) is 5.01 Å². The molecule has 1 atom stereocenters. The second kappa shape index (κ2) is 7.84. The lowest BCUT2D eigenvalue weighted by atomic mass is 9.73. The van der Waals surface area contributed by atoms with Gasteiger partial charge in [-0.25, -0.2) is 9.76 Å². The van der Waals surface area contributed by atoms with E-state index in [1.807, 2.05) is 29.6 Å². The van der Waals surface area contributed by atoms with Crippen LogP contribution in [0.5, 0.6) is 0 Å². The van der Waals surface area contributed by atoms with Crippen molar-refractivity contribution >= 4 is 0 Å². The van der Waals surface area contributed by atoms with E-state index in [1.165, 1.54) is 64.2 Å². The maximum atomic E-state index is 13.5. The average molecular weight is 347 g/mol. The summed E-state index contributed by atoms with van der Waals surface area (Å²) in [5.74, 6) is 0. The highest BCUT2D eigenvalue weighted by molar-refractivity contribution is 5.02. The van der Waals surface area contributed by atoms with Crippen LogP contribution in [0.3, 0.4) is 0 Å². The summed E-state index contributed by atoms with van der Waals surface area (Å²) in [4.78, 5) is 0. The van der Waals surface area contributed by atoms with Crippen molar-refractivity contribution < 1.29 is 4.76 Å². The van der Waals surface area contributed by atoms with E-state index in [1.54, 1.807) is 0 Å². The first kappa shape index (κ1) is 19.0. The molecule has 3 nitrogen and oxygen atoms in total. The Morgan fingerprint density at radius 2 is 1.40 bits per heavy atom. The third-order valence-electron chi connectivity index (χ3n) is 7.22. The predicted molar refractivity (Wildman–Crippen MR) is 105 cm³/mol. The molecule has 2 saturated carbocycles. The molecular formula is C22H38N2O. The van der Waals surface area contributed by atoms with Crippen LogP contribution >= 0.6 is 0 Å². The molecule has 1 aliphatic heterocycles. The predicted octanol–water partition coefficient (Wildman–Crippen LogP) is 6.28. The lowest BCUT2D eigenvalue weighted by Gasteiger charge is -2.50. The third-order valence-corrected chi connectivity index (χ3v) is 7.22. The number of hydrogen-bond acceptors (Lipinski definition) is 2. The topological polar surface area (TPSA) is 26.3 Å². The largest absolute Gasteiger partial charge is 0.601 e. The minimum absolute atomic E-state index is 0.276. The maximum absolute atomic E-state index is 13.5. The Bertz CT molecular complexity index is 486. The summed E-state index contributed by atoms with van der Waals surface area (Å²) >= 11 is 0. The zero-order valence-corrected chi connectivity index (χ0v) is 16.5. The van der Waals surface area contributed by atoms with Gasteiger partial charge in [0.25, 0.3) is 0 Å². The first-order chi connectivity index (χ1) is 11.9. The molecule has 2 fully saturated rings. The van der Waals surface area contributed by atoms with E-state index in [9.17, 15) is 5.21 Å². The van der Waals surface area contributed by atoms with Crippen LogP contribution in [0.2, 0.25) is 0 Å². The first-order valence-electron chi connectivity index (χ1n) is 10.7. The van der Waals surface area contributed by atoms with Gasteiger partial charge in [0.1, 0.15) is 12.7 Å². The van der Waals surface area contributed by atoms with Crippen LogP contribution in [0.4, 0.5) is 0 Å². The lowest BCUT2D eigenvalue weighted by molar-refractivity contribution is -0.943. The van der Waals surface area contributed by atoms with Crippen LogP contribution in [0.1, 0.15) is 90.9 Å². The molecule has 0 N–H and O–H groups in total. The minimum atomic E-state index is -0.276. The normalized spacial score (nSPS) is 31.2. The quantitative estimate of drug-likeness (QED) is 0.418. The van der Waals surface area contributed by atoms with Gasteiger partial charge >= 0.3 is 0 Å². The van der Waals surface area contributed by atoms with Gasteiger partial charge in [-0.1, -0.05) is 52.4 Å². The molecule has 25 heavy (non-hydrogen) atoms. The number of allylic oxidation sites excluding steroid dienone is 2. The van der Waals surface area contributed by atoms with Crippen molar-refractivity contribution in [3.8, 4) is 0 Å². The fourth-order valence-electron chi connectivity index (χ4n) is 5.10. The Hall–Kier alpha value is -0.800. The number of hydroxylamine groups is 2. The fourth-order valence-corrected chi connectivity index (χ4v) is 5.10. The number of quaternary nitrogens is 1. The van der Waals surface area contributed by atoms with Crippen LogP contribution < -0.4 is 0 Å². The van der Waals surface area contributed by atoms with Crippen molar-refractivity contribution in [3.63, 3.8) is 0 Å². The Balaban J connectivity index is 1.57. The summed E-state index contributed by atoms with van der Waals surface area (Å²) in [7, 11) is 0. The van der Waals surface area contributed by atoms with Gasteiger partial charge in [0, 0.05) is 6.42 Å². The van der Waals surface area contributed by atoms with Gasteiger partial charge in [-0.05, 0) is 55.1 Å². The molecular weight excluding hydrogens is 308 g/mol. The summed E-state index contributed by atoms with van der Waals surface area (Å²) in [5.41, 5.74) is 0.817. The van der Waals surface area contributed by atoms with Crippen LogP contribution in [-0.4, -0.2) is 22.9 Å². The molecule has 0 bridgehead atoms. The van der Waals surface area contributed by atoms with Gasteiger partial charge in [-0.15, -0.1) is 0 Å². The van der Waals surface area contributed by atoms with Crippen molar-refractivity contribution in [3.05, 3.63) is 29.8 Å². The Kier molecular flexibility index (Phi) is 5.95. The van der Waals surface area contributed by atoms with Gasteiger partial charge in [0.2, 0.25) is 0 Å². The number of rotatable bonds is 6. The second-order valence-corrected chi connectivity index (χ2v) is 9.57. The molecule has 0 radical (unpaired) electrons. The molecule has 0 aromatic rings. The van der Waals surface area contributed by atoms with Crippen molar-refractivity contribution in [1.29, 1.82) is 0 Å².